The predicted molar refractivity (Wildman–Crippen MR) is 260 cm³/mol. The van der Waals surface area contributed by atoms with Crippen LogP contribution in [0.3, 0.4) is 0 Å². The molecule has 0 saturated carbocycles. The summed E-state index contributed by atoms with van der Waals surface area (Å²) in [7, 11) is 15.4. The molecule has 0 radical (unpaired) electrons. The van der Waals surface area contributed by atoms with Crippen molar-refractivity contribution < 1.29 is 76.9 Å². The lowest BCUT2D eigenvalue weighted by Gasteiger charge is -2.44. The van der Waals surface area contributed by atoms with Crippen molar-refractivity contribution in [1.82, 2.24) is 0 Å². The molecule has 0 bridgehead atoms. The van der Waals surface area contributed by atoms with Crippen LogP contribution in [0.1, 0.15) is 74.7 Å². The van der Waals surface area contributed by atoms with E-state index in [1.165, 1.54) is 28.4 Å². The van der Waals surface area contributed by atoms with Gasteiger partial charge in [-0.25, -0.2) is 0 Å². The Hall–Kier alpha value is -7.40. The van der Waals surface area contributed by atoms with Crippen molar-refractivity contribution in [2.45, 2.75) is 54.9 Å². The molecule has 16 nitrogen and oxygen atoms in total. The van der Waals surface area contributed by atoms with Gasteiger partial charge in [0.1, 0.15) is 58.6 Å². The van der Waals surface area contributed by atoms with E-state index in [1.807, 2.05) is 18.2 Å². The number of benzene rings is 6. The minimum absolute atomic E-state index is 0.0111. The zero-order chi connectivity index (χ0) is 50.2. The summed E-state index contributed by atoms with van der Waals surface area (Å²) >= 11 is 0. The van der Waals surface area contributed by atoms with Gasteiger partial charge in [-0.2, -0.15) is 0 Å². The maximum atomic E-state index is 13.2. The monoisotopic (exact) mass is 974 g/mol. The van der Waals surface area contributed by atoms with E-state index in [4.69, 9.17) is 61.6 Å². The molecule has 6 aromatic carbocycles. The molecule has 3 aliphatic heterocycles. The van der Waals surface area contributed by atoms with E-state index in [1.54, 1.807) is 115 Å². The smallest absolute Gasteiger partial charge is 0.161 e. The summed E-state index contributed by atoms with van der Waals surface area (Å²) in [6, 6.07) is 26.7. The highest BCUT2D eigenvalue weighted by Gasteiger charge is 2.51. The number of aliphatic hydroxyl groups excluding tert-OH is 3. The largest absolute Gasteiger partial charge is 0.497 e. The van der Waals surface area contributed by atoms with Crippen molar-refractivity contribution in [2.75, 3.05) is 71.1 Å². The van der Waals surface area contributed by atoms with Crippen molar-refractivity contribution in [2.24, 2.45) is 0 Å². The van der Waals surface area contributed by atoms with Gasteiger partial charge in [-0.3, -0.25) is 0 Å². The summed E-state index contributed by atoms with van der Waals surface area (Å²) in [5.74, 6) is 3.51. The lowest BCUT2D eigenvalue weighted by Crippen LogP contribution is -2.40. The number of ether oxygens (including phenoxy) is 13. The third kappa shape index (κ3) is 8.38. The van der Waals surface area contributed by atoms with Crippen molar-refractivity contribution >= 4 is 0 Å². The highest BCUT2D eigenvalue weighted by atomic mass is 16.5. The Kier molecular flexibility index (Phi) is 13.8. The quantitative estimate of drug-likeness (QED) is 0.0898. The third-order valence-electron chi connectivity index (χ3n) is 13.7. The van der Waals surface area contributed by atoms with Crippen LogP contribution in [0.25, 0.3) is 0 Å². The summed E-state index contributed by atoms with van der Waals surface area (Å²) < 4.78 is 79.0. The molecule has 3 heterocycles. The molecule has 3 N–H and O–H groups in total. The van der Waals surface area contributed by atoms with Crippen LogP contribution < -0.4 is 61.6 Å². The third-order valence-corrected chi connectivity index (χ3v) is 13.7. The minimum atomic E-state index is -1.34. The highest BCUT2D eigenvalue weighted by molar-refractivity contribution is 5.72. The van der Waals surface area contributed by atoms with Crippen LogP contribution in [0.2, 0.25) is 0 Å². The van der Waals surface area contributed by atoms with E-state index in [-0.39, 0.29) is 17.9 Å². The van der Waals surface area contributed by atoms with Gasteiger partial charge in [0.05, 0.1) is 77.2 Å². The molecular weight excluding hydrogens is 917 g/mol. The maximum absolute atomic E-state index is 13.2. The number of hydrogen-bond acceptors (Lipinski definition) is 16. The Bertz CT molecular complexity index is 2920. The van der Waals surface area contributed by atoms with Gasteiger partial charge in [0.25, 0.3) is 0 Å². The van der Waals surface area contributed by atoms with E-state index in [9.17, 15) is 15.3 Å². The fourth-order valence-corrected chi connectivity index (χ4v) is 10.3. The fraction of sp³-hybridized carbons (Fsp3) is 0.345. The molecule has 0 saturated heterocycles. The van der Waals surface area contributed by atoms with E-state index in [2.05, 4.69) is 0 Å². The van der Waals surface area contributed by atoms with Crippen molar-refractivity contribution in [3.8, 4) is 74.7 Å². The van der Waals surface area contributed by atoms with Crippen LogP contribution >= 0.6 is 0 Å². The second-order valence-electron chi connectivity index (χ2n) is 17.2. The van der Waals surface area contributed by atoms with Gasteiger partial charge in [0.15, 0.2) is 46.7 Å². The summed E-state index contributed by atoms with van der Waals surface area (Å²) in [5.41, 5.74) is 4.17. The Morgan fingerprint density at radius 3 is 1.28 bits per heavy atom. The van der Waals surface area contributed by atoms with Gasteiger partial charge in [-0.05, 0) is 65.2 Å². The Morgan fingerprint density at radius 1 is 0.394 bits per heavy atom. The van der Waals surface area contributed by atoms with E-state index in [0.29, 0.717) is 108 Å². The lowest BCUT2D eigenvalue weighted by atomic mass is 9.72. The number of hydrogen-bond donors (Lipinski definition) is 3. The molecule has 71 heavy (non-hydrogen) atoms. The number of methoxy groups -OCH3 is 10. The zero-order valence-electron chi connectivity index (χ0n) is 41.1. The fourth-order valence-electron chi connectivity index (χ4n) is 10.3. The van der Waals surface area contributed by atoms with Gasteiger partial charge in [-0.1, -0.05) is 30.3 Å². The molecule has 16 heteroatoms. The highest BCUT2D eigenvalue weighted by Crippen LogP contribution is 2.62. The van der Waals surface area contributed by atoms with E-state index in [0.717, 1.165) is 0 Å². The first-order valence-electron chi connectivity index (χ1n) is 22.9. The van der Waals surface area contributed by atoms with Crippen LogP contribution in [0.15, 0.2) is 91.0 Å². The van der Waals surface area contributed by atoms with Gasteiger partial charge in [0, 0.05) is 58.2 Å². The zero-order valence-corrected chi connectivity index (χ0v) is 41.1. The first-order valence-corrected chi connectivity index (χ1v) is 22.9. The van der Waals surface area contributed by atoms with E-state index < -0.39 is 48.5 Å². The molecule has 8 unspecified atom stereocenters. The molecule has 0 fully saturated rings. The number of rotatable bonds is 15. The molecule has 0 amide bonds. The first kappa shape index (κ1) is 48.6. The van der Waals surface area contributed by atoms with Crippen LogP contribution in [0.5, 0.6) is 74.7 Å². The van der Waals surface area contributed by atoms with Gasteiger partial charge >= 0.3 is 0 Å². The normalized spacial score (nSPS) is 21.9. The van der Waals surface area contributed by atoms with Crippen LogP contribution in [-0.2, 0) is 6.42 Å². The van der Waals surface area contributed by atoms with Crippen molar-refractivity contribution in [3.05, 3.63) is 136 Å². The SMILES string of the molecule is COc1ccc2c(c1)OC(c1ccc(OC)c(OC)c1)C(O)C2c1c2c(c3c(c1OC)C(c1ccc(OC)cc1OC)C(O)C(c1ccc(OC)c(OC)c1)O3)CC(O)C(c1ccc(OC)c(OC)c1)O2. The molecule has 3 aliphatic rings. The van der Waals surface area contributed by atoms with Crippen LogP contribution in [0, 0.1) is 0 Å². The maximum Gasteiger partial charge on any atom is 0.161 e. The lowest BCUT2D eigenvalue weighted by molar-refractivity contribution is -0.00676. The molecule has 0 aromatic heterocycles. The van der Waals surface area contributed by atoms with Gasteiger partial charge < -0.3 is 76.9 Å². The molecular formula is C55H58O16. The minimum Gasteiger partial charge on any atom is -0.497 e. The molecule has 0 spiro atoms. The molecule has 8 atom stereocenters. The Balaban J connectivity index is 1.37. The summed E-state index contributed by atoms with van der Waals surface area (Å²) in [4.78, 5) is 0. The van der Waals surface area contributed by atoms with Crippen molar-refractivity contribution in [3.63, 3.8) is 0 Å². The predicted octanol–water partition coefficient (Wildman–Crippen LogP) is 8.06. The molecule has 374 valence electrons. The average molecular weight is 975 g/mol. The van der Waals surface area contributed by atoms with E-state index >= 15 is 0 Å². The summed E-state index contributed by atoms with van der Waals surface area (Å²) in [5, 5.41) is 38.7. The molecule has 0 aliphatic carbocycles. The average Bonchev–Trinajstić information content (AvgIpc) is 3.41. The number of fused-ring (bicyclic) bond motifs is 4. The molecule has 9 rings (SSSR count). The topological polar surface area (TPSA) is 181 Å². The van der Waals surface area contributed by atoms with Gasteiger partial charge in [0.2, 0.25) is 0 Å². The van der Waals surface area contributed by atoms with Crippen LogP contribution in [0.4, 0.5) is 0 Å². The van der Waals surface area contributed by atoms with Crippen molar-refractivity contribution in [1.29, 1.82) is 0 Å². The Labute approximate surface area is 411 Å². The van der Waals surface area contributed by atoms with Gasteiger partial charge in [-0.15, -0.1) is 0 Å². The summed E-state index contributed by atoms with van der Waals surface area (Å²) in [6.45, 7) is 0. The number of aliphatic hydroxyl groups is 3. The Morgan fingerprint density at radius 2 is 0.817 bits per heavy atom. The second-order valence-corrected chi connectivity index (χ2v) is 17.2. The molecule has 6 aromatic rings. The summed E-state index contributed by atoms with van der Waals surface area (Å²) in [6.07, 6.45) is -6.88. The standard InChI is InChI=1S/C55H58O16/c1-59-30-14-16-32(39(24-30)64-6)44-46-54(71-52(49(44)58)29-13-20-38(63-5)43(23-29)67-9)34-26-35(56)50(27-11-18-36(61-3)41(21-27)65-7)70-53(34)47(55(46)68-10)45-33-17-15-31(60-2)25-40(33)69-51(48(45)57)28-12-19-37(62-4)42(22-28)66-8/h11-25,35,44-45,48-52,56-58H,26H2,1-10H3. The van der Waals surface area contributed by atoms with Crippen LogP contribution in [-0.4, -0.2) is 105 Å². The first-order chi connectivity index (χ1) is 34.5. The second kappa shape index (κ2) is 20.1.